The number of aromatic amines is 1. The van der Waals surface area contributed by atoms with Gasteiger partial charge < -0.3 is 29.9 Å². The molecule has 2 aromatic rings. The summed E-state index contributed by atoms with van der Waals surface area (Å²) in [6.07, 6.45) is 4.32. The minimum Gasteiger partial charge on any atom is -0.489 e. The number of nitrogens with zero attached hydrogens (tertiary/aromatic N) is 3. The van der Waals surface area contributed by atoms with Crippen molar-refractivity contribution in [1.29, 1.82) is 0 Å². The number of hydrogen-bond donors (Lipinski definition) is 3. The van der Waals surface area contributed by atoms with E-state index in [0.29, 0.717) is 46.0 Å². The molecule has 3 fully saturated rings. The first-order chi connectivity index (χ1) is 18.1. The smallest absolute Gasteiger partial charge is 0.410 e. The molecule has 1 aliphatic carbocycles. The monoisotopic (exact) mass is 610 g/mol. The van der Waals surface area contributed by atoms with Gasteiger partial charge in [-0.25, -0.2) is 9.78 Å². The molecule has 3 N–H and O–H groups in total. The molecule has 12 heteroatoms. The number of hydrogen-bond acceptors (Lipinski definition) is 8. The number of fused-ring (bicyclic) bond motifs is 1. The van der Waals surface area contributed by atoms with Crippen LogP contribution in [0.4, 0.5) is 10.7 Å². The third-order valence-corrected chi connectivity index (χ3v) is 8.35. The van der Waals surface area contributed by atoms with Crippen LogP contribution in [0.5, 0.6) is 5.75 Å². The van der Waals surface area contributed by atoms with Crippen LogP contribution in [0.1, 0.15) is 46.5 Å². The number of nitrogens with one attached hydrogen (secondary N) is 3. The van der Waals surface area contributed by atoms with Crippen molar-refractivity contribution in [2.45, 2.75) is 70.2 Å². The van der Waals surface area contributed by atoms with E-state index >= 15 is 0 Å². The minimum atomic E-state index is -0.563. The number of anilines is 1. The van der Waals surface area contributed by atoms with E-state index in [4.69, 9.17) is 21.1 Å². The second-order valence-corrected chi connectivity index (χ2v) is 12.6. The average Bonchev–Trinajstić information content (AvgIpc) is 3.70. The molecule has 1 amide bonds. The van der Waals surface area contributed by atoms with Gasteiger partial charge >= 0.3 is 6.09 Å². The summed E-state index contributed by atoms with van der Waals surface area (Å²) >= 11 is 10.1. The van der Waals surface area contributed by atoms with Gasteiger partial charge in [0.05, 0.1) is 16.6 Å². The van der Waals surface area contributed by atoms with Gasteiger partial charge in [-0.05, 0) is 68.5 Å². The maximum absolute atomic E-state index is 13.2. The van der Waals surface area contributed by atoms with Crippen molar-refractivity contribution in [3.63, 3.8) is 0 Å². The number of rotatable bonds is 6. The molecule has 1 aromatic carbocycles. The Labute approximate surface area is 235 Å². The van der Waals surface area contributed by atoms with Gasteiger partial charge in [0.25, 0.3) is 5.56 Å². The van der Waals surface area contributed by atoms with Gasteiger partial charge in [0.2, 0.25) is 5.95 Å². The number of carbonyl (C=O) groups is 1. The molecule has 1 saturated carbocycles. The van der Waals surface area contributed by atoms with Crippen LogP contribution in [0.3, 0.4) is 0 Å². The van der Waals surface area contributed by atoms with Crippen LogP contribution in [-0.2, 0) is 4.74 Å². The third-order valence-electron chi connectivity index (χ3n) is 7.12. The Kier molecular flexibility index (Phi) is 8.09. The molecular weight excluding hydrogens is 576 g/mol. The number of likely N-dealkylation sites (tertiary alicyclic amines) is 1. The third kappa shape index (κ3) is 6.55. The number of piperidine rings is 1. The zero-order valence-corrected chi connectivity index (χ0v) is 24.5. The largest absolute Gasteiger partial charge is 0.489 e. The van der Waals surface area contributed by atoms with Crippen molar-refractivity contribution >= 4 is 50.5 Å². The van der Waals surface area contributed by atoms with Crippen molar-refractivity contribution in [2.24, 2.45) is 0 Å². The molecule has 5 rings (SSSR count). The Hall–Kier alpha value is -2.08. The van der Waals surface area contributed by atoms with E-state index in [1.807, 2.05) is 20.8 Å². The van der Waals surface area contributed by atoms with Gasteiger partial charge in [-0.1, -0.05) is 11.6 Å². The van der Waals surface area contributed by atoms with Crippen LogP contribution in [0, 0.1) is 0 Å². The van der Waals surface area contributed by atoms with E-state index in [1.165, 1.54) is 12.8 Å². The Morgan fingerprint density at radius 1 is 1.24 bits per heavy atom. The molecule has 0 radical (unpaired) electrons. The first-order valence-electron chi connectivity index (χ1n) is 13.3. The van der Waals surface area contributed by atoms with Crippen molar-refractivity contribution in [3.8, 4) is 5.75 Å². The highest BCUT2D eigenvalue weighted by Crippen LogP contribution is 2.38. The zero-order chi connectivity index (χ0) is 27.0. The molecule has 1 atom stereocenters. The molecule has 0 unspecified atom stereocenters. The summed E-state index contributed by atoms with van der Waals surface area (Å²) in [5, 5.41) is 7.38. The van der Waals surface area contributed by atoms with Crippen LogP contribution in [0.25, 0.3) is 10.9 Å². The predicted octanol–water partition coefficient (Wildman–Crippen LogP) is 3.97. The number of carbonyl (C=O) groups excluding carboxylic acids is 1. The minimum absolute atomic E-state index is 0.157. The molecular formula is C26H36BrClN6O4. The summed E-state index contributed by atoms with van der Waals surface area (Å²) in [7, 11) is 0. The van der Waals surface area contributed by atoms with Crippen LogP contribution in [0.15, 0.2) is 15.3 Å². The highest BCUT2D eigenvalue weighted by atomic mass is 79.9. The van der Waals surface area contributed by atoms with Gasteiger partial charge in [-0.15, -0.1) is 0 Å². The summed E-state index contributed by atoms with van der Waals surface area (Å²) in [5.41, 5.74) is -0.388. The zero-order valence-electron chi connectivity index (χ0n) is 22.1. The fraction of sp³-hybridized carbons (Fsp3) is 0.654. The Morgan fingerprint density at radius 2 is 1.97 bits per heavy atom. The molecule has 0 spiro atoms. The molecule has 0 bridgehead atoms. The predicted molar refractivity (Wildman–Crippen MR) is 151 cm³/mol. The highest BCUT2D eigenvalue weighted by Gasteiger charge is 2.32. The van der Waals surface area contributed by atoms with E-state index in [9.17, 15) is 9.59 Å². The first kappa shape index (κ1) is 27.5. The van der Waals surface area contributed by atoms with Gasteiger partial charge in [0, 0.05) is 49.3 Å². The van der Waals surface area contributed by atoms with E-state index in [1.54, 1.807) is 11.0 Å². The lowest BCUT2D eigenvalue weighted by Crippen LogP contribution is -2.55. The number of ether oxygens (including phenoxy) is 2. The second-order valence-electron chi connectivity index (χ2n) is 11.4. The van der Waals surface area contributed by atoms with E-state index in [0.717, 1.165) is 32.0 Å². The molecule has 3 heterocycles. The molecule has 38 heavy (non-hydrogen) atoms. The first-order valence-corrected chi connectivity index (χ1v) is 14.5. The van der Waals surface area contributed by atoms with Gasteiger partial charge in [-0.2, -0.15) is 0 Å². The summed E-state index contributed by atoms with van der Waals surface area (Å²) in [6.45, 7) is 9.46. The maximum Gasteiger partial charge on any atom is 0.410 e. The lowest BCUT2D eigenvalue weighted by Gasteiger charge is -2.34. The fourth-order valence-corrected chi connectivity index (χ4v) is 5.68. The standard InChI is InChI=1S/C26H36BrClN6O4/c1-26(2,3)38-25(36)34-11-8-29-16(13-34)14-37-22-20-19(12-18(27)21(22)28)31-24(32-23(20)35)30-15-6-9-33(10-7-15)17-4-5-17/h12,15-17,29H,4-11,13-14H2,1-3H3,(H2,30,31,32,35)/t16-/m0/s1. The summed E-state index contributed by atoms with van der Waals surface area (Å²) in [5.74, 6) is 0.722. The van der Waals surface area contributed by atoms with Gasteiger partial charge in [0.15, 0.2) is 5.75 Å². The Bertz CT molecular complexity index is 1240. The lowest BCUT2D eigenvalue weighted by atomic mass is 10.1. The van der Waals surface area contributed by atoms with Gasteiger partial charge in [0.1, 0.15) is 17.6 Å². The van der Waals surface area contributed by atoms with Crippen LogP contribution >= 0.6 is 27.5 Å². The molecule has 3 aliphatic rings. The number of piperazine rings is 1. The number of halogens is 2. The van der Waals surface area contributed by atoms with Crippen LogP contribution in [0.2, 0.25) is 5.02 Å². The van der Waals surface area contributed by atoms with E-state index in [-0.39, 0.29) is 36.1 Å². The highest BCUT2D eigenvalue weighted by molar-refractivity contribution is 9.10. The molecule has 2 aliphatic heterocycles. The topological polar surface area (TPSA) is 112 Å². The molecule has 1 aromatic heterocycles. The Morgan fingerprint density at radius 3 is 2.66 bits per heavy atom. The summed E-state index contributed by atoms with van der Waals surface area (Å²) in [4.78, 5) is 37.5. The van der Waals surface area contributed by atoms with E-state index in [2.05, 4.69) is 41.4 Å². The number of aromatic nitrogens is 2. The second kappa shape index (κ2) is 11.2. The molecule has 2 saturated heterocycles. The fourth-order valence-electron chi connectivity index (χ4n) is 5.08. The average molecular weight is 612 g/mol. The van der Waals surface area contributed by atoms with Crippen LogP contribution < -0.4 is 20.9 Å². The van der Waals surface area contributed by atoms with Crippen molar-refractivity contribution in [1.82, 2.24) is 25.1 Å². The number of H-pyrrole nitrogens is 1. The maximum atomic E-state index is 13.2. The summed E-state index contributed by atoms with van der Waals surface area (Å²) in [6, 6.07) is 2.63. The quantitative estimate of drug-likeness (QED) is 0.450. The van der Waals surface area contributed by atoms with Crippen molar-refractivity contribution in [2.75, 3.05) is 44.6 Å². The van der Waals surface area contributed by atoms with Gasteiger partial charge in [-0.3, -0.25) is 9.78 Å². The normalized spacial score (nSPS) is 21.5. The van der Waals surface area contributed by atoms with E-state index < -0.39 is 5.60 Å². The van der Waals surface area contributed by atoms with Crippen LogP contribution in [-0.4, -0.2) is 88.9 Å². The number of amides is 1. The lowest BCUT2D eigenvalue weighted by molar-refractivity contribution is 0.0178. The van der Waals surface area contributed by atoms with Crippen molar-refractivity contribution < 1.29 is 14.3 Å². The SMILES string of the molecule is CC(C)(C)OC(=O)N1CCN[C@H](COc2c(Cl)c(Br)cc3nc(NC4CCN(C5CC5)CC4)[nH]c(=O)c23)C1. The number of benzene rings is 1. The van der Waals surface area contributed by atoms with Crippen molar-refractivity contribution in [3.05, 3.63) is 25.9 Å². The molecule has 208 valence electrons. The Balaban J connectivity index is 1.28. The summed E-state index contributed by atoms with van der Waals surface area (Å²) < 4.78 is 12.2. The molecule has 10 nitrogen and oxygen atoms in total.